The summed E-state index contributed by atoms with van der Waals surface area (Å²) >= 11 is 3.82. The minimum Gasteiger partial charge on any atom is -0.315 e. The zero-order chi connectivity index (χ0) is 22.7. The summed E-state index contributed by atoms with van der Waals surface area (Å²) in [5, 5.41) is 12.1. The molecule has 0 saturated heterocycles. The van der Waals surface area contributed by atoms with E-state index >= 15 is 0 Å². The SMILES string of the molecule is c1ccc2c(c1)cn1c3ccc4c5ccccc5sc4c3c3ccc4sc5ccccc5c4c3c21. The topological polar surface area (TPSA) is 4.41 Å². The first kappa shape index (κ1) is 18.4. The minimum absolute atomic E-state index is 1.28. The van der Waals surface area contributed by atoms with E-state index in [1.165, 1.54) is 78.3 Å². The van der Waals surface area contributed by atoms with E-state index in [0.717, 1.165) is 0 Å². The van der Waals surface area contributed by atoms with E-state index in [1.807, 2.05) is 22.7 Å². The van der Waals surface area contributed by atoms with Crippen LogP contribution in [-0.4, -0.2) is 4.40 Å². The van der Waals surface area contributed by atoms with Gasteiger partial charge in [0.1, 0.15) is 0 Å². The maximum Gasteiger partial charge on any atom is 0.0620 e. The molecule has 1 nitrogen and oxygen atoms in total. The summed E-state index contributed by atoms with van der Waals surface area (Å²) in [4.78, 5) is 0. The molecule has 0 amide bonds. The van der Waals surface area contributed by atoms with Gasteiger partial charge in [-0.25, -0.2) is 0 Å². The van der Waals surface area contributed by atoms with Gasteiger partial charge in [-0.3, -0.25) is 0 Å². The molecular weight excluding hydrogens is 462 g/mol. The van der Waals surface area contributed by atoms with E-state index in [-0.39, 0.29) is 0 Å². The number of fused-ring (bicyclic) bond motifs is 16. The van der Waals surface area contributed by atoms with E-state index in [2.05, 4.69) is 108 Å². The molecule has 0 atom stereocenters. The smallest absolute Gasteiger partial charge is 0.0620 e. The number of aromatic nitrogens is 1. The van der Waals surface area contributed by atoms with E-state index in [1.54, 1.807) is 0 Å². The second-order valence-corrected chi connectivity index (χ2v) is 11.5. The summed E-state index contributed by atoms with van der Waals surface area (Å²) in [7, 11) is 0. The molecule has 0 fully saturated rings. The number of benzene rings is 5. The summed E-state index contributed by atoms with van der Waals surface area (Å²) in [6.07, 6.45) is 2.33. The Hall–Kier alpha value is -3.92. The number of pyridine rings is 1. The normalized spacial score (nSPS) is 12.6. The summed E-state index contributed by atoms with van der Waals surface area (Å²) in [6.45, 7) is 0. The van der Waals surface area contributed by atoms with Gasteiger partial charge in [-0.15, -0.1) is 22.7 Å². The number of thiophene rings is 2. The van der Waals surface area contributed by atoms with Crippen molar-refractivity contribution in [2.75, 3.05) is 0 Å². The summed E-state index contributed by atoms with van der Waals surface area (Å²) < 4.78 is 7.89. The fourth-order valence-corrected chi connectivity index (χ4v) is 8.49. The average molecular weight is 480 g/mol. The van der Waals surface area contributed by atoms with Crippen LogP contribution in [0, 0.1) is 0 Å². The Balaban J connectivity index is 1.69. The summed E-state index contributed by atoms with van der Waals surface area (Å²) in [5.74, 6) is 0. The van der Waals surface area contributed by atoms with Crippen molar-refractivity contribution in [3.63, 3.8) is 0 Å². The van der Waals surface area contributed by atoms with Gasteiger partial charge in [-0.05, 0) is 29.7 Å². The number of hydrogen-bond donors (Lipinski definition) is 0. The fourth-order valence-electron chi connectivity index (χ4n) is 6.11. The highest BCUT2D eigenvalue weighted by Gasteiger charge is 2.20. The molecule has 5 aromatic carbocycles. The zero-order valence-electron chi connectivity index (χ0n) is 18.6. The molecule has 35 heavy (non-hydrogen) atoms. The van der Waals surface area contributed by atoms with Crippen LogP contribution < -0.4 is 0 Å². The van der Waals surface area contributed by atoms with Gasteiger partial charge in [-0.2, -0.15) is 0 Å². The van der Waals surface area contributed by atoms with Crippen LogP contribution in [0.25, 0.3) is 78.3 Å². The largest absolute Gasteiger partial charge is 0.315 e. The maximum atomic E-state index is 2.46. The molecule has 4 aromatic heterocycles. The minimum atomic E-state index is 1.28. The molecule has 0 radical (unpaired) electrons. The van der Waals surface area contributed by atoms with Crippen molar-refractivity contribution in [2.24, 2.45) is 0 Å². The predicted octanol–water partition coefficient (Wildman–Crippen LogP) is 10.1. The van der Waals surface area contributed by atoms with Crippen LogP contribution >= 0.6 is 22.7 Å². The van der Waals surface area contributed by atoms with Gasteiger partial charge in [0.25, 0.3) is 0 Å². The quantitative estimate of drug-likeness (QED) is 0.191. The molecule has 0 aliphatic heterocycles. The third kappa shape index (κ3) is 2.23. The van der Waals surface area contributed by atoms with Crippen LogP contribution in [0.5, 0.6) is 0 Å². The highest BCUT2D eigenvalue weighted by atomic mass is 32.1. The van der Waals surface area contributed by atoms with Crippen molar-refractivity contribution >= 4 is 101 Å². The first-order valence-corrected chi connectivity index (χ1v) is 13.5. The second kappa shape index (κ2) is 6.39. The van der Waals surface area contributed by atoms with Crippen LogP contribution in [0.3, 0.4) is 0 Å². The van der Waals surface area contributed by atoms with Gasteiger partial charge in [0.15, 0.2) is 0 Å². The second-order valence-electron chi connectivity index (χ2n) is 9.33. The highest BCUT2D eigenvalue weighted by molar-refractivity contribution is 7.27. The van der Waals surface area contributed by atoms with Crippen LogP contribution in [0.4, 0.5) is 0 Å². The Labute approximate surface area is 208 Å². The third-order valence-electron chi connectivity index (χ3n) is 7.56. The van der Waals surface area contributed by atoms with Crippen molar-refractivity contribution in [3.05, 3.63) is 103 Å². The third-order valence-corrected chi connectivity index (χ3v) is 9.90. The molecule has 3 heteroatoms. The lowest BCUT2D eigenvalue weighted by Gasteiger charge is -2.12. The number of nitrogens with zero attached hydrogens (tertiary/aromatic N) is 1. The molecule has 0 spiro atoms. The molecule has 0 aliphatic carbocycles. The Kier molecular flexibility index (Phi) is 3.36. The monoisotopic (exact) mass is 479 g/mol. The summed E-state index contributed by atoms with van der Waals surface area (Å²) in [6, 6.07) is 35.9. The van der Waals surface area contributed by atoms with Crippen molar-refractivity contribution < 1.29 is 0 Å². The zero-order valence-corrected chi connectivity index (χ0v) is 20.2. The fraction of sp³-hybridized carbons (Fsp3) is 0. The number of hydrogen-bond acceptors (Lipinski definition) is 2. The van der Waals surface area contributed by atoms with Gasteiger partial charge >= 0.3 is 0 Å². The van der Waals surface area contributed by atoms with Gasteiger partial charge in [0.05, 0.1) is 11.0 Å². The van der Waals surface area contributed by atoms with Crippen molar-refractivity contribution in [1.29, 1.82) is 0 Å². The molecule has 9 rings (SSSR count). The maximum absolute atomic E-state index is 2.46. The van der Waals surface area contributed by atoms with E-state index < -0.39 is 0 Å². The van der Waals surface area contributed by atoms with E-state index in [4.69, 9.17) is 0 Å². The first-order chi connectivity index (χ1) is 17.4. The Bertz CT molecular complexity index is 2330. The Morgan fingerprint density at radius 1 is 0.457 bits per heavy atom. The molecule has 0 N–H and O–H groups in total. The van der Waals surface area contributed by atoms with Crippen LogP contribution in [0.1, 0.15) is 0 Å². The molecule has 0 bridgehead atoms. The Morgan fingerprint density at radius 2 is 1.17 bits per heavy atom. The molecule has 0 unspecified atom stereocenters. The molecule has 162 valence electrons. The van der Waals surface area contributed by atoms with E-state index in [9.17, 15) is 0 Å². The standard InChI is InChI=1S/C32H17NS2/c1-2-8-19-18(7-1)17-33-24-15-13-21-20-9-3-5-11-25(20)35-32(21)28(24)23-14-16-27-29(30(23)31(19)33)22-10-4-6-12-26(22)34-27/h1-17H. The van der Waals surface area contributed by atoms with Gasteiger partial charge in [0, 0.05) is 68.1 Å². The highest BCUT2D eigenvalue weighted by Crippen LogP contribution is 2.47. The lowest BCUT2D eigenvalue weighted by Crippen LogP contribution is -1.90. The lowest BCUT2D eigenvalue weighted by molar-refractivity contribution is 1.30. The molecule has 0 saturated carbocycles. The van der Waals surface area contributed by atoms with Gasteiger partial charge in [0.2, 0.25) is 0 Å². The van der Waals surface area contributed by atoms with Crippen molar-refractivity contribution in [3.8, 4) is 0 Å². The van der Waals surface area contributed by atoms with Crippen molar-refractivity contribution in [1.82, 2.24) is 4.40 Å². The van der Waals surface area contributed by atoms with Crippen LogP contribution in [0.15, 0.2) is 103 Å². The molecule has 9 aromatic rings. The predicted molar refractivity (Wildman–Crippen MR) is 156 cm³/mol. The summed E-state index contributed by atoms with van der Waals surface area (Å²) in [5.41, 5.74) is 2.60. The number of rotatable bonds is 0. The van der Waals surface area contributed by atoms with Crippen LogP contribution in [0.2, 0.25) is 0 Å². The van der Waals surface area contributed by atoms with Crippen molar-refractivity contribution in [2.45, 2.75) is 0 Å². The van der Waals surface area contributed by atoms with Crippen LogP contribution in [-0.2, 0) is 0 Å². The lowest BCUT2D eigenvalue weighted by atomic mass is 9.98. The molecule has 4 heterocycles. The van der Waals surface area contributed by atoms with Gasteiger partial charge < -0.3 is 4.40 Å². The Morgan fingerprint density at radius 3 is 2.06 bits per heavy atom. The average Bonchev–Trinajstić information content (AvgIpc) is 3.59. The first-order valence-electron chi connectivity index (χ1n) is 11.9. The molecular formula is C32H17NS2. The molecule has 0 aliphatic rings. The van der Waals surface area contributed by atoms with Gasteiger partial charge in [-0.1, -0.05) is 72.8 Å². The van der Waals surface area contributed by atoms with E-state index in [0.29, 0.717) is 0 Å².